The van der Waals surface area contributed by atoms with Gasteiger partial charge in [-0.15, -0.1) is 0 Å². The Hall–Kier alpha value is -2.93. The third kappa shape index (κ3) is 3.57. The predicted octanol–water partition coefficient (Wildman–Crippen LogP) is 2.28. The van der Waals surface area contributed by atoms with E-state index in [1.165, 1.54) is 0 Å². The average molecular weight is 387 g/mol. The standard InChI is InChI=1S/C21H25NO6/c1-25-17-8-12(5-6-23)14(10-19(17)27-3)16-7-13-9-18(26-2)20(28-4)11-15(13)21(24)22-16/h8-11,16,23H,5-7H2,1-4H3,(H,22,24)/t16-/m0/s1. The van der Waals surface area contributed by atoms with E-state index in [-0.39, 0.29) is 18.6 Å². The molecule has 0 fully saturated rings. The molecule has 2 aromatic carbocycles. The van der Waals surface area contributed by atoms with Gasteiger partial charge in [-0.2, -0.15) is 0 Å². The number of aliphatic hydroxyl groups is 1. The fourth-order valence-electron chi connectivity index (χ4n) is 3.59. The number of hydrogen-bond donors (Lipinski definition) is 2. The summed E-state index contributed by atoms with van der Waals surface area (Å²) in [4.78, 5) is 12.8. The van der Waals surface area contributed by atoms with Crippen molar-refractivity contribution in [1.29, 1.82) is 0 Å². The number of carbonyl (C=O) groups is 1. The molecule has 1 aliphatic heterocycles. The van der Waals surface area contributed by atoms with Crippen LogP contribution in [0.4, 0.5) is 0 Å². The van der Waals surface area contributed by atoms with Crippen LogP contribution in [0.15, 0.2) is 24.3 Å². The zero-order chi connectivity index (χ0) is 20.3. The Morgan fingerprint density at radius 3 is 2.11 bits per heavy atom. The first kappa shape index (κ1) is 19.8. The highest BCUT2D eigenvalue weighted by Gasteiger charge is 2.29. The molecule has 7 nitrogen and oxygen atoms in total. The molecular formula is C21H25NO6. The Morgan fingerprint density at radius 2 is 1.50 bits per heavy atom. The van der Waals surface area contributed by atoms with Crippen molar-refractivity contribution in [3.8, 4) is 23.0 Å². The molecule has 1 amide bonds. The summed E-state index contributed by atoms with van der Waals surface area (Å²) in [5, 5.41) is 12.5. The number of rotatable bonds is 7. The molecule has 1 atom stereocenters. The second-order valence-electron chi connectivity index (χ2n) is 6.47. The van der Waals surface area contributed by atoms with Crippen molar-refractivity contribution in [3.63, 3.8) is 0 Å². The highest BCUT2D eigenvalue weighted by atomic mass is 16.5. The maximum atomic E-state index is 12.8. The van der Waals surface area contributed by atoms with E-state index in [9.17, 15) is 9.90 Å². The number of nitrogens with one attached hydrogen (secondary N) is 1. The van der Waals surface area contributed by atoms with Crippen LogP contribution < -0.4 is 24.3 Å². The molecule has 2 N–H and O–H groups in total. The lowest BCUT2D eigenvalue weighted by molar-refractivity contribution is 0.0924. The molecule has 1 aliphatic rings. The van der Waals surface area contributed by atoms with E-state index in [2.05, 4.69) is 5.32 Å². The summed E-state index contributed by atoms with van der Waals surface area (Å²) in [7, 11) is 6.24. The Labute approximate surface area is 164 Å². The average Bonchev–Trinajstić information content (AvgIpc) is 2.72. The smallest absolute Gasteiger partial charge is 0.252 e. The molecule has 150 valence electrons. The monoisotopic (exact) mass is 387 g/mol. The van der Waals surface area contributed by atoms with E-state index in [1.54, 1.807) is 34.5 Å². The Morgan fingerprint density at radius 1 is 0.929 bits per heavy atom. The minimum absolute atomic E-state index is 0.00917. The minimum Gasteiger partial charge on any atom is -0.493 e. The van der Waals surface area contributed by atoms with Crippen molar-refractivity contribution in [2.45, 2.75) is 18.9 Å². The van der Waals surface area contributed by atoms with E-state index in [0.29, 0.717) is 41.4 Å². The van der Waals surface area contributed by atoms with Gasteiger partial charge in [-0.1, -0.05) is 0 Å². The van der Waals surface area contributed by atoms with Crippen molar-refractivity contribution in [2.75, 3.05) is 35.0 Å². The van der Waals surface area contributed by atoms with Gasteiger partial charge < -0.3 is 29.4 Å². The molecule has 3 rings (SSSR count). The highest BCUT2D eigenvalue weighted by molar-refractivity contribution is 5.98. The van der Waals surface area contributed by atoms with Crippen molar-refractivity contribution in [1.82, 2.24) is 5.32 Å². The number of amides is 1. The molecule has 7 heteroatoms. The summed E-state index contributed by atoms with van der Waals surface area (Å²) in [6.07, 6.45) is 1.02. The lowest BCUT2D eigenvalue weighted by Gasteiger charge is -2.29. The summed E-state index contributed by atoms with van der Waals surface area (Å²) >= 11 is 0. The lowest BCUT2D eigenvalue weighted by Crippen LogP contribution is -2.36. The van der Waals surface area contributed by atoms with E-state index in [4.69, 9.17) is 18.9 Å². The molecule has 0 radical (unpaired) electrons. The van der Waals surface area contributed by atoms with Crippen molar-refractivity contribution >= 4 is 5.91 Å². The summed E-state index contributed by atoms with van der Waals surface area (Å²) < 4.78 is 21.5. The Bertz CT molecular complexity index is 880. The summed E-state index contributed by atoms with van der Waals surface area (Å²) in [5.41, 5.74) is 3.23. The van der Waals surface area contributed by atoms with Crippen LogP contribution in [-0.4, -0.2) is 46.1 Å². The van der Waals surface area contributed by atoms with Gasteiger partial charge in [0.15, 0.2) is 23.0 Å². The van der Waals surface area contributed by atoms with Gasteiger partial charge in [0, 0.05) is 12.2 Å². The Kier molecular flexibility index (Phi) is 5.94. The zero-order valence-corrected chi connectivity index (χ0v) is 16.5. The minimum atomic E-state index is -0.264. The zero-order valence-electron chi connectivity index (χ0n) is 16.5. The molecule has 0 aromatic heterocycles. The van der Waals surface area contributed by atoms with Crippen LogP contribution in [0.3, 0.4) is 0 Å². The maximum Gasteiger partial charge on any atom is 0.252 e. The highest BCUT2D eigenvalue weighted by Crippen LogP contribution is 2.38. The van der Waals surface area contributed by atoms with E-state index in [1.807, 2.05) is 18.2 Å². The second kappa shape index (κ2) is 8.39. The first-order valence-corrected chi connectivity index (χ1v) is 8.97. The van der Waals surface area contributed by atoms with Crippen LogP contribution in [0, 0.1) is 0 Å². The van der Waals surface area contributed by atoms with Gasteiger partial charge in [0.05, 0.1) is 34.5 Å². The summed E-state index contributed by atoms with van der Waals surface area (Å²) in [5.74, 6) is 2.08. The number of aliphatic hydroxyl groups excluding tert-OH is 1. The molecule has 0 aliphatic carbocycles. The van der Waals surface area contributed by atoms with Crippen LogP contribution in [0.2, 0.25) is 0 Å². The van der Waals surface area contributed by atoms with Gasteiger partial charge in [-0.05, 0) is 53.8 Å². The fraction of sp³-hybridized carbons (Fsp3) is 0.381. The normalized spacial score (nSPS) is 15.5. The van der Waals surface area contributed by atoms with Crippen LogP contribution >= 0.6 is 0 Å². The molecule has 0 unspecified atom stereocenters. The SMILES string of the molecule is COc1cc2c(cc1OC)C(=O)N[C@H](c1cc(OC)c(OC)cc1CCO)C2. The van der Waals surface area contributed by atoms with Crippen LogP contribution in [0.25, 0.3) is 0 Å². The largest absolute Gasteiger partial charge is 0.493 e. The van der Waals surface area contributed by atoms with Crippen LogP contribution in [0.5, 0.6) is 23.0 Å². The number of methoxy groups -OCH3 is 4. The van der Waals surface area contributed by atoms with Gasteiger partial charge in [0.25, 0.3) is 5.91 Å². The maximum absolute atomic E-state index is 12.8. The topological polar surface area (TPSA) is 86.3 Å². The lowest BCUT2D eigenvalue weighted by atomic mass is 9.87. The molecular weight excluding hydrogens is 362 g/mol. The van der Waals surface area contributed by atoms with Gasteiger partial charge >= 0.3 is 0 Å². The first-order chi connectivity index (χ1) is 13.6. The second-order valence-corrected chi connectivity index (χ2v) is 6.47. The fourth-order valence-corrected chi connectivity index (χ4v) is 3.59. The number of benzene rings is 2. The molecule has 0 bridgehead atoms. The summed E-state index contributed by atoms with van der Waals surface area (Å²) in [6, 6.07) is 6.98. The van der Waals surface area contributed by atoms with Crippen molar-refractivity contribution in [2.24, 2.45) is 0 Å². The molecule has 0 saturated carbocycles. The number of hydrogen-bond acceptors (Lipinski definition) is 6. The third-order valence-electron chi connectivity index (χ3n) is 4.99. The van der Waals surface area contributed by atoms with Gasteiger partial charge in [-0.25, -0.2) is 0 Å². The Balaban J connectivity index is 2.05. The molecule has 1 heterocycles. The predicted molar refractivity (Wildman–Crippen MR) is 104 cm³/mol. The van der Waals surface area contributed by atoms with Crippen LogP contribution in [-0.2, 0) is 12.8 Å². The third-order valence-corrected chi connectivity index (χ3v) is 4.99. The number of ether oxygens (including phenoxy) is 4. The molecule has 28 heavy (non-hydrogen) atoms. The number of fused-ring (bicyclic) bond motifs is 1. The van der Waals surface area contributed by atoms with Gasteiger partial charge in [-0.3, -0.25) is 4.79 Å². The van der Waals surface area contributed by atoms with E-state index < -0.39 is 0 Å². The van der Waals surface area contributed by atoms with Crippen molar-refractivity contribution < 1.29 is 28.8 Å². The van der Waals surface area contributed by atoms with E-state index >= 15 is 0 Å². The van der Waals surface area contributed by atoms with E-state index in [0.717, 1.165) is 16.7 Å². The molecule has 0 spiro atoms. The first-order valence-electron chi connectivity index (χ1n) is 8.97. The number of carbonyl (C=O) groups excluding carboxylic acids is 1. The molecule has 2 aromatic rings. The summed E-state index contributed by atoms with van der Waals surface area (Å²) in [6.45, 7) is -0.00917. The molecule has 0 saturated heterocycles. The van der Waals surface area contributed by atoms with Gasteiger partial charge in [0.2, 0.25) is 0 Å². The quantitative estimate of drug-likeness (QED) is 0.758. The van der Waals surface area contributed by atoms with Crippen molar-refractivity contribution in [3.05, 3.63) is 46.5 Å². The van der Waals surface area contributed by atoms with Crippen LogP contribution in [0.1, 0.15) is 33.1 Å². The van der Waals surface area contributed by atoms with Gasteiger partial charge in [0.1, 0.15) is 0 Å².